The van der Waals surface area contributed by atoms with E-state index >= 15 is 0 Å². The summed E-state index contributed by atoms with van der Waals surface area (Å²) >= 11 is 1.21. The minimum absolute atomic E-state index is 0.608. The first-order valence-corrected chi connectivity index (χ1v) is 9.77. The van der Waals surface area contributed by atoms with Crippen molar-refractivity contribution >= 4 is 23.0 Å². The number of benzene rings is 3. The lowest BCUT2D eigenvalue weighted by Crippen LogP contribution is -2.32. The maximum atomic E-state index is 12.1. The number of aryl methyl sites for hydroxylation is 1. The third-order valence-corrected chi connectivity index (χ3v) is 5.40. The second-order valence-electron chi connectivity index (χ2n) is 6.39. The Morgan fingerprint density at radius 1 is 0.963 bits per heavy atom. The molecule has 0 atom stereocenters. The van der Waals surface area contributed by atoms with E-state index in [0.29, 0.717) is 12.4 Å². The molecular formula is C22H21N3OS. The topological polar surface area (TPSA) is 64.1 Å². The van der Waals surface area contributed by atoms with Gasteiger partial charge in [0, 0.05) is 11.4 Å². The lowest BCUT2D eigenvalue weighted by molar-refractivity contribution is 0.112. The second kappa shape index (κ2) is 7.19. The Balaban J connectivity index is 2.04. The molecule has 0 aliphatic heterocycles. The number of aromatic nitrogens is 2. The predicted octanol–water partition coefficient (Wildman–Crippen LogP) is 4.31. The van der Waals surface area contributed by atoms with Crippen molar-refractivity contribution in [3.63, 3.8) is 0 Å². The molecule has 0 radical (unpaired) electrons. The minimum Gasteiger partial charge on any atom is -0.373 e. The van der Waals surface area contributed by atoms with Gasteiger partial charge in [0.05, 0.1) is 11.0 Å². The lowest BCUT2D eigenvalue weighted by Gasteiger charge is -2.29. The largest absolute Gasteiger partial charge is 0.373 e. The van der Waals surface area contributed by atoms with E-state index in [1.807, 2.05) is 78.9 Å². The van der Waals surface area contributed by atoms with Crippen LogP contribution in [0.3, 0.4) is 0 Å². The molecular weight excluding hydrogens is 354 g/mol. The summed E-state index contributed by atoms with van der Waals surface area (Å²) in [6.07, 6.45) is 0. The Hall–Kier alpha value is -2.60. The van der Waals surface area contributed by atoms with E-state index in [-0.39, 0.29) is 0 Å². The summed E-state index contributed by atoms with van der Waals surface area (Å²) in [4.78, 5) is 5.81. The van der Waals surface area contributed by atoms with Gasteiger partial charge in [-0.3, -0.25) is 5.14 Å². The highest BCUT2D eigenvalue weighted by atomic mass is 32.2. The molecule has 3 N–H and O–H groups in total. The number of nitrogens with two attached hydrogens (primary N) is 1. The standard InChI is InChI=1S/C22H21N3OS/c1-2-25-20-15-18(27-23)13-14-19(20)24-21(25)22(26,16-9-5-3-6-10-16)17-11-7-4-8-12-17/h3-15,26H,2,23H2,1H3. The van der Waals surface area contributed by atoms with E-state index in [1.165, 1.54) is 11.9 Å². The molecule has 27 heavy (non-hydrogen) atoms. The number of rotatable bonds is 5. The smallest absolute Gasteiger partial charge is 0.173 e. The van der Waals surface area contributed by atoms with Crippen LogP contribution in [0.2, 0.25) is 0 Å². The Morgan fingerprint density at radius 2 is 1.56 bits per heavy atom. The maximum Gasteiger partial charge on any atom is 0.173 e. The van der Waals surface area contributed by atoms with Gasteiger partial charge in [-0.25, -0.2) is 4.98 Å². The number of imidazole rings is 1. The fourth-order valence-electron chi connectivity index (χ4n) is 3.56. The Bertz CT molecular complexity index is 1020. The molecule has 0 saturated heterocycles. The molecule has 0 spiro atoms. The third-order valence-electron chi connectivity index (χ3n) is 4.88. The van der Waals surface area contributed by atoms with Crippen LogP contribution in [0.15, 0.2) is 83.8 Å². The van der Waals surface area contributed by atoms with Gasteiger partial charge >= 0.3 is 0 Å². The third kappa shape index (κ3) is 2.94. The summed E-state index contributed by atoms with van der Waals surface area (Å²) in [5.41, 5.74) is 2.03. The van der Waals surface area contributed by atoms with Crippen LogP contribution >= 0.6 is 11.9 Å². The van der Waals surface area contributed by atoms with E-state index in [4.69, 9.17) is 10.1 Å². The summed E-state index contributed by atoms with van der Waals surface area (Å²) < 4.78 is 2.06. The summed E-state index contributed by atoms with van der Waals surface area (Å²) in [5, 5.41) is 17.8. The van der Waals surface area contributed by atoms with Gasteiger partial charge in [0.1, 0.15) is 0 Å². The number of hydrogen-bond acceptors (Lipinski definition) is 4. The first kappa shape index (κ1) is 17.8. The molecule has 0 aliphatic rings. The van der Waals surface area contributed by atoms with Crippen LogP contribution in [0.25, 0.3) is 11.0 Å². The van der Waals surface area contributed by atoms with Crippen molar-refractivity contribution in [3.05, 3.63) is 95.8 Å². The van der Waals surface area contributed by atoms with E-state index in [9.17, 15) is 5.11 Å². The number of fused-ring (bicyclic) bond motifs is 1. The predicted molar refractivity (Wildman–Crippen MR) is 110 cm³/mol. The van der Waals surface area contributed by atoms with Gasteiger partial charge in [-0.15, -0.1) is 0 Å². The molecule has 4 aromatic rings. The van der Waals surface area contributed by atoms with E-state index in [0.717, 1.165) is 27.1 Å². The molecule has 0 unspecified atom stereocenters. The van der Waals surface area contributed by atoms with Crippen LogP contribution in [0, 0.1) is 0 Å². The normalized spacial score (nSPS) is 11.8. The van der Waals surface area contributed by atoms with Gasteiger partial charge in [0.25, 0.3) is 0 Å². The van der Waals surface area contributed by atoms with Crippen molar-refractivity contribution in [3.8, 4) is 0 Å². The zero-order valence-corrected chi connectivity index (χ0v) is 15.9. The molecule has 1 heterocycles. The van der Waals surface area contributed by atoms with E-state index < -0.39 is 5.60 Å². The van der Waals surface area contributed by atoms with Gasteiger partial charge in [0.2, 0.25) is 0 Å². The van der Waals surface area contributed by atoms with Crippen molar-refractivity contribution in [1.29, 1.82) is 0 Å². The molecule has 136 valence electrons. The SMILES string of the molecule is CCn1c(C(O)(c2ccccc2)c2ccccc2)nc2ccc(SN)cc21. The molecule has 5 heteroatoms. The Kier molecular flexibility index (Phi) is 4.74. The van der Waals surface area contributed by atoms with Gasteiger partial charge in [0.15, 0.2) is 11.4 Å². The van der Waals surface area contributed by atoms with Gasteiger partial charge in [-0.05, 0) is 48.2 Å². The minimum atomic E-state index is -1.35. The van der Waals surface area contributed by atoms with E-state index in [1.54, 1.807) is 0 Å². The second-order valence-corrected chi connectivity index (χ2v) is 7.10. The Morgan fingerprint density at radius 3 is 2.07 bits per heavy atom. The highest BCUT2D eigenvalue weighted by Crippen LogP contribution is 2.38. The molecule has 0 fully saturated rings. The molecule has 4 rings (SSSR count). The van der Waals surface area contributed by atoms with Gasteiger partial charge in [-0.1, -0.05) is 60.7 Å². The summed E-state index contributed by atoms with van der Waals surface area (Å²) in [6, 6.07) is 25.3. The fraction of sp³-hybridized carbons (Fsp3) is 0.136. The van der Waals surface area contributed by atoms with Crippen molar-refractivity contribution in [2.45, 2.75) is 24.0 Å². The van der Waals surface area contributed by atoms with Crippen LogP contribution in [0.5, 0.6) is 0 Å². The highest BCUT2D eigenvalue weighted by molar-refractivity contribution is 7.97. The van der Waals surface area contributed by atoms with Crippen LogP contribution < -0.4 is 5.14 Å². The molecule has 0 amide bonds. The molecule has 3 aromatic carbocycles. The summed E-state index contributed by atoms with van der Waals surface area (Å²) in [5.74, 6) is 0.608. The van der Waals surface area contributed by atoms with Crippen LogP contribution in [0.1, 0.15) is 23.9 Å². The van der Waals surface area contributed by atoms with Crippen LogP contribution in [0.4, 0.5) is 0 Å². The summed E-state index contributed by atoms with van der Waals surface area (Å²) in [6.45, 7) is 2.75. The molecule has 0 aliphatic carbocycles. The van der Waals surface area contributed by atoms with Crippen molar-refractivity contribution in [2.24, 2.45) is 5.14 Å². The van der Waals surface area contributed by atoms with Crippen molar-refractivity contribution in [1.82, 2.24) is 9.55 Å². The summed E-state index contributed by atoms with van der Waals surface area (Å²) in [7, 11) is 0. The number of hydrogen-bond donors (Lipinski definition) is 2. The van der Waals surface area contributed by atoms with Crippen LogP contribution in [-0.2, 0) is 12.1 Å². The van der Waals surface area contributed by atoms with Crippen molar-refractivity contribution < 1.29 is 5.11 Å². The molecule has 0 saturated carbocycles. The average molecular weight is 375 g/mol. The van der Waals surface area contributed by atoms with Gasteiger partial charge < -0.3 is 9.67 Å². The molecule has 1 aromatic heterocycles. The fourth-order valence-corrected chi connectivity index (χ4v) is 3.88. The van der Waals surface area contributed by atoms with Crippen molar-refractivity contribution in [2.75, 3.05) is 0 Å². The van der Waals surface area contributed by atoms with Crippen LogP contribution in [-0.4, -0.2) is 14.7 Å². The maximum absolute atomic E-state index is 12.1. The molecule has 0 bridgehead atoms. The Labute approximate surface area is 162 Å². The lowest BCUT2D eigenvalue weighted by atomic mass is 9.85. The zero-order valence-electron chi connectivity index (χ0n) is 15.0. The van der Waals surface area contributed by atoms with E-state index in [2.05, 4.69) is 11.5 Å². The average Bonchev–Trinajstić information content (AvgIpc) is 3.12. The monoisotopic (exact) mass is 375 g/mol. The quantitative estimate of drug-likeness (QED) is 0.510. The first-order valence-electron chi connectivity index (χ1n) is 8.89. The zero-order chi connectivity index (χ0) is 18.9. The first-order chi connectivity index (χ1) is 13.2. The number of nitrogens with zero attached hydrogens (tertiary/aromatic N) is 2. The van der Waals surface area contributed by atoms with Gasteiger partial charge in [-0.2, -0.15) is 0 Å². The molecule has 4 nitrogen and oxygen atoms in total. The highest BCUT2D eigenvalue weighted by Gasteiger charge is 2.38. The number of aliphatic hydroxyl groups is 1.